The highest BCUT2D eigenvalue weighted by molar-refractivity contribution is 6.42. The minimum atomic E-state index is -0.643. The first-order valence-corrected chi connectivity index (χ1v) is 6.35. The summed E-state index contributed by atoms with van der Waals surface area (Å²) in [5, 5.41) is 10.2. The predicted molar refractivity (Wildman–Crippen MR) is 69.7 cm³/mol. The molecule has 0 spiro atoms. The fourth-order valence-corrected chi connectivity index (χ4v) is 2.26. The zero-order valence-corrected chi connectivity index (χ0v) is 11.6. The van der Waals surface area contributed by atoms with Crippen LogP contribution in [0.1, 0.15) is 25.3 Å². The summed E-state index contributed by atoms with van der Waals surface area (Å²) in [5.74, 6) is -1.06. The zero-order chi connectivity index (χ0) is 13.3. The predicted octanol–water partition coefficient (Wildman–Crippen LogP) is 3.75. The van der Waals surface area contributed by atoms with E-state index in [9.17, 15) is 5.26 Å². The van der Waals surface area contributed by atoms with Crippen molar-refractivity contribution in [3.8, 4) is 6.07 Å². The molecule has 0 unspecified atom stereocenters. The molecule has 0 radical (unpaired) electrons. The number of nitrogens with zero attached hydrogens (tertiary/aromatic N) is 1. The molecule has 1 saturated heterocycles. The van der Waals surface area contributed by atoms with Gasteiger partial charge in [-0.25, -0.2) is 0 Å². The van der Waals surface area contributed by atoms with E-state index < -0.39 is 11.7 Å². The Bertz CT molecular complexity index is 496. The number of hydrogen-bond donors (Lipinski definition) is 0. The van der Waals surface area contributed by atoms with Crippen LogP contribution in [0.2, 0.25) is 10.0 Å². The lowest BCUT2D eigenvalue weighted by Gasteiger charge is -2.20. The van der Waals surface area contributed by atoms with Crippen LogP contribution in [0.5, 0.6) is 0 Å². The Hall–Kier alpha value is -0.790. The van der Waals surface area contributed by atoms with Gasteiger partial charge in [0.2, 0.25) is 0 Å². The normalized spacial score (nSPS) is 23.6. The van der Waals surface area contributed by atoms with E-state index in [2.05, 4.69) is 6.07 Å². The summed E-state index contributed by atoms with van der Waals surface area (Å²) in [6, 6.07) is 7.41. The molecule has 3 nitrogen and oxygen atoms in total. The quantitative estimate of drug-likeness (QED) is 0.831. The standard InChI is InChI=1S/C13H13Cl2NO2/c1-13(2)17-7-12(18-13)9(6-16)8-3-4-10(14)11(15)5-8/h3-5,9,12H,7H2,1-2H3/t9-,12+/m1/s1. The fraction of sp³-hybridized carbons (Fsp3) is 0.462. The lowest BCUT2D eigenvalue weighted by atomic mass is 9.95. The summed E-state index contributed by atoms with van der Waals surface area (Å²) >= 11 is 11.8. The molecule has 0 aromatic heterocycles. The molecule has 1 aliphatic rings. The van der Waals surface area contributed by atoms with Gasteiger partial charge in [0.15, 0.2) is 5.79 Å². The lowest BCUT2D eigenvalue weighted by molar-refractivity contribution is -0.139. The van der Waals surface area contributed by atoms with Crippen LogP contribution in [0.25, 0.3) is 0 Å². The van der Waals surface area contributed by atoms with E-state index in [1.54, 1.807) is 18.2 Å². The highest BCUT2D eigenvalue weighted by Gasteiger charge is 2.38. The molecule has 0 bridgehead atoms. The molecule has 0 aliphatic carbocycles. The first-order valence-electron chi connectivity index (χ1n) is 5.59. The van der Waals surface area contributed by atoms with E-state index in [-0.39, 0.29) is 6.10 Å². The maximum absolute atomic E-state index is 9.31. The summed E-state index contributed by atoms with van der Waals surface area (Å²) in [6.45, 7) is 4.05. The topological polar surface area (TPSA) is 42.2 Å². The van der Waals surface area contributed by atoms with Gasteiger partial charge in [0, 0.05) is 0 Å². The lowest BCUT2D eigenvalue weighted by Crippen LogP contribution is -2.25. The van der Waals surface area contributed by atoms with Gasteiger partial charge in [0.05, 0.1) is 28.6 Å². The van der Waals surface area contributed by atoms with Crippen molar-refractivity contribution in [3.05, 3.63) is 33.8 Å². The minimum absolute atomic E-state index is 0.290. The highest BCUT2D eigenvalue weighted by atomic mass is 35.5. The summed E-state index contributed by atoms with van der Waals surface area (Å²) < 4.78 is 11.2. The first-order chi connectivity index (χ1) is 8.43. The van der Waals surface area contributed by atoms with Gasteiger partial charge >= 0.3 is 0 Å². The van der Waals surface area contributed by atoms with Gasteiger partial charge in [0.1, 0.15) is 6.10 Å². The molecule has 1 aromatic carbocycles. The van der Waals surface area contributed by atoms with Crippen LogP contribution < -0.4 is 0 Å². The average Bonchev–Trinajstić information content (AvgIpc) is 2.65. The second-order valence-electron chi connectivity index (χ2n) is 4.65. The molecule has 0 amide bonds. The summed E-state index contributed by atoms with van der Waals surface area (Å²) in [6.07, 6.45) is -0.290. The third-order valence-electron chi connectivity index (χ3n) is 2.84. The number of rotatable bonds is 2. The van der Waals surface area contributed by atoms with Crippen LogP contribution in [-0.4, -0.2) is 18.5 Å². The molecule has 0 N–H and O–H groups in total. The number of benzene rings is 1. The van der Waals surface area contributed by atoms with E-state index >= 15 is 0 Å². The molecule has 18 heavy (non-hydrogen) atoms. The van der Waals surface area contributed by atoms with E-state index in [0.717, 1.165) is 5.56 Å². The number of hydrogen-bond acceptors (Lipinski definition) is 3. The maximum Gasteiger partial charge on any atom is 0.163 e. The Balaban J connectivity index is 2.24. The molecule has 1 fully saturated rings. The Labute approximate surface area is 116 Å². The van der Waals surface area contributed by atoms with Crippen LogP contribution in [-0.2, 0) is 9.47 Å². The molecule has 2 atom stereocenters. The summed E-state index contributed by atoms with van der Waals surface area (Å²) in [5.41, 5.74) is 0.790. The molecule has 0 saturated carbocycles. The van der Waals surface area contributed by atoms with Crippen LogP contribution in [0.3, 0.4) is 0 Å². The van der Waals surface area contributed by atoms with Crippen molar-refractivity contribution in [2.45, 2.75) is 31.7 Å². The van der Waals surface area contributed by atoms with Gasteiger partial charge in [-0.15, -0.1) is 0 Å². The first kappa shape index (κ1) is 13.6. The van der Waals surface area contributed by atoms with Gasteiger partial charge in [-0.2, -0.15) is 5.26 Å². The van der Waals surface area contributed by atoms with Crippen molar-refractivity contribution < 1.29 is 9.47 Å². The summed E-state index contributed by atoms with van der Waals surface area (Å²) in [7, 11) is 0. The largest absolute Gasteiger partial charge is 0.348 e. The molecule has 1 aliphatic heterocycles. The van der Waals surface area contributed by atoms with Crippen molar-refractivity contribution in [2.24, 2.45) is 0 Å². The van der Waals surface area contributed by atoms with Crippen molar-refractivity contribution in [3.63, 3.8) is 0 Å². The third kappa shape index (κ3) is 2.78. The maximum atomic E-state index is 9.31. The highest BCUT2D eigenvalue weighted by Crippen LogP contribution is 2.34. The second-order valence-corrected chi connectivity index (χ2v) is 5.46. The van der Waals surface area contributed by atoms with Crippen LogP contribution in [0.4, 0.5) is 0 Å². The fourth-order valence-electron chi connectivity index (χ4n) is 1.96. The Kier molecular flexibility index (Phi) is 3.84. The molecular formula is C13H13Cl2NO2. The van der Waals surface area contributed by atoms with Gasteiger partial charge in [-0.1, -0.05) is 29.3 Å². The van der Waals surface area contributed by atoms with E-state index in [4.69, 9.17) is 32.7 Å². The SMILES string of the molecule is CC1(C)OC[C@@H]([C@H](C#N)c2ccc(Cl)c(Cl)c2)O1. The van der Waals surface area contributed by atoms with Crippen molar-refractivity contribution in [2.75, 3.05) is 6.61 Å². The Morgan fingerprint density at radius 1 is 1.39 bits per heavy atom. The Morgan fingerprint density at radius 3 is 2.61 bits per heavy atom. The number of ether oxygens (including phenoxy) is 2. The van der Waals surface area contributed by atoms with Crippen molar-refractivity contribution in [1.82, 2.24) is 0 Å². The van der Waals surface area contributed by atoms with Crippen LogP contribution in [0.15, 0.2) is 18.2 Å². The molecule has 96 valence electrons. The molecule has 1 heterocycles. The Morgan fingerprint density at radius 2 is 2.11 bits per heavy atom. The van der Waals surface area contributed by atoms with Gasteiger partial charge < -0.3 is 9.47 Å². The molecule has 1 aromatic rings. The zero-order valence-electron chi connectivity index (χ0n) is 10.1. The van der Waals surface area contributed by atoms with Crippen molar-refractivity contribution in [1.29, 1.82) is 5.26 Å². The van der Waals surface area contributed by atoms with E-state index in [1.165, 1.54) is 0 Å². The van der Waals surface area contributed by atoms with E-state index in [1.807, 2.05) is 13.8 Å². The molecule has 5 heteroatoms. The summed E-state index contributed by atoms with van der Waals surface area (Å²) in [4.78, 5) is 0. The smallest absolute Gasteiger partial charge is 0.163 e. The molecular weight excluding hydrogens is 273 g/mol. The van der Waals surface area contributed by atoms with Crippen LogP contribution in [0, 0.1) is 11.3 Å². The number of nitriles is 1. The van der Waals surface area contributed by atoms with Gasteiger partial charge in [0.25, 0.3) is 0 Å². The third-order valence-corrected chi connectivity index (χ3v) is 3.58. The van der Waals surface area contributed by atoms with Crippen molar-refractivity contribution >= 4 is 23.2 Å². The molecule has 2 rings (SSSR count). The van der Waals surface area contributed by atoms with E-state index in [0.29, 0.717) is 16.7 Å². The van der Waals surface area contributed by atoms with Crippen LogP contribution >= 0.6 is 23.2 Å². The van der Waals surface area contributed by atoms with Gasteiger partial charge in [-0.05, 0) is 31.5 Å². The second kappa shape index (κ2) is 5.07. The minimum Gasteiger partial charge on any atom is -0.348 e. The average molecular weight is 286 g/mol. The van der Waals surface area contributed by atoms with Gasteiger partial charge in [-0.3, -0.25) is 0 Å². The monoisotopic (exact) mass is 285 g/mol. The number of halogens is 2.